The van der Waals surface area contributed by atoms with E-state index in [1.54, 1.807) is 18.2 Å². The van der Waals surface area contributed by atoms with Gasteiger partial charge in [-0.15, -0.1) is 0 Å². The van der Waals surface area contributed by atoms with Crippen LogP contribution in [0.15, 0.2) is 18.2 Å². The molecule has 116 valence electrons. The zero-order chi connectivity index (χ0) is 15.6. The first-order valence-corrected chi connectivity index (χ1v) is 7.71. The lowest BCUT2D eigenvalue weighted by Crippen LogP contribution is -2.57. The molecular weight excluding hydrogens is 311 g/mol. The summed E-state index contributed by atoms with van der Waals surface area (Å²) in [6, 6.07) is 5.65. The number of carbonyl (C=O) groups excluding carboxylic acids is 1. The predicted molar refractivity (Wildman–Crippen MR) is 85.2 cm³/mol. The summed E-state index contributed by atoms with van der Waals surface area (Å²) in [5.41, 5.74) is 0. The van der Waals surface area contributed by atoms with Crippen molar-refractivity contribution in [1.29, 1.82) is 0 Å². The first-order chi connectivity index (χ1) is 9.88. The van der Waals surface area contributed by atoms with Gasteiger partial charge in [-0.1, -0.05) is 23.2 Å². The molecule has 0 spiro atoms. The lowest BCUT2D eigenvalue weighted by atomic mass is 10.1. The van der Waals surface area contributed by atoms with Gasteiger partial charge < -0.3 is 9.64 Å². The molecule has 1 heterocycles. The Kier molecular flexibility index (Phi) is 5.36. The van der Waals surface area contributed by atoms with Crippen molar-refractivity contribution in [3.05, 3.63) is 28.2 Å². The Hall–Kier alpha value is -0.970. The van der Waals surface area contributed by atoms with Crippen molar-refractivity contribution in [1.82, 2.24) is 9.80 Å². The maximum Gasteiger partial charge on any atom is 0.260 e. The molecule has 0 aliphatic carbocycles. The van der Waals surface area contributed by atoms with Crippen molar-refractivity contribution < 1.29 is 9.53 Å². The Balaban J connectivity index is 1.93. The summed E-state index contributed by atoms with van der Waals surface area (Å²) in [5, 5.41) is 0.954. The van der Waals surface area contributed by atoms with Gasteiger partial charge >= 0.3 is 0 Å². The van der Waals surface area contributed by atoms with Crippen LogP contribution in [0.3, 0.4) is 0 Å². The minimum Gasteiger partial charge on any atom is -0.482 e. The molecule has 2 unspecified atom stereocenters. The van der Waals surface area contributed by atoms with E-state index in [0.29, 0.717) is 27.9 Å². The fourth-order valence-electron chi connectivity index (χ4n) is 2.43. The summed E-state index contributed by atoms with van der Waals surface area (Å²) in [6.07, 6.45) is 0. The number of hydrogen-bond acceptors (Lipinski definition) is 3. The first kappa shape index (κ1) is 16.4. The van der Waals surface area contributed by atoms with Crippen molar-refractivity contribution in [2.45, 2.75) is 25.9 Å². The van der Waals surface area contributed by atoms with Gasteiger partial charge in [0, 0.05) is 30.2 Å². The number of ether oxygens (including phenoxy) is 1. The third-order valence-corrected chi connectivity index (χ3v) is 4.49. The average Bonchev–Trinajstić information content (AvgIpc) is 2.43. The zero-order valence-corrected chi connectivity index (χ0v) is 14.0. The van der Waals surface area contributed by atoms with E-state index >= 15 is 0 Å². The predicted octanol–water partition coefficient (Wildman–Crippen LogP) is 2.92. The maximum absolute atomic E-state index is 12.3. The third kappa shape index (κ3) is 4.02. The topological polar surface area (TPSA) is 32.8 Å². The van der Waals surface area contributed by atoms with Gasteiger partial charge in [-0.25, -0.2) is 0 Å². The van der Waals surface area contributed by atoms with Gasteiger partial charge in [0.1, 0.15) is 5.75 Å². The smallest absolute Gasteiger partial charge is 0.260 e. The number of carbonyl (C=O) groups is 1. The molecule has 2 atom stereocenters. The maximum atomic E-state index is 12.3. The zero-order valence-electron chi connectivity index (χ0n) is 12.5. The second-order valence-electron chi connectivity index (χ2n) is 5.53. The van der Waals surface area contributed by atoms with Crippen LogP contribution in [-0.2, 0) is 4.79 Å². The number of likely N-dealkylation sites (N-methyl/N-ethyl adjacent to an activating group) is 1. The van der Waals surface area contributed by atoms with E-state index in [-0.39, 0.29) is 12.5 Å². The normalized spacial score (nSPS) is 23.2. The molecule has 6 heteroatoms. The second-order valence-corrected chi connectivity index (χ2v) is 6.37. The molecule has 1 aliphatic heterocycles. The molecule has 1 aromatic rings. The molecule has 1 aliphatic rings. The Morgan fingerprint density at radius 1 is 1.29 bits per heavy atom. The van der Waals surface area contributed by atoms with E-state index in [9.17, 15) is 4.79 Å². The molecule has 1 saturated heterocycles. The summed E-state index contributed by atoms with van der Waals surface area (Å²) < 4.78 is 5.51. The van der Waals surface area contributed by atoms with Crippen molar-refractivity contribution in [3.63, 3.8) is 0 Å². The van der Waals surface area contributed by atoms with Gasteiger partial charge in [-0.2, -0.15) is 0 Å². The minimum absolute atomic E-state index is 0.00942. The number of hydrogen-bond donors (Lipinski definition) is 0. The van der Waals surface area contributed by atoms with Crippen molar-refractivity contribution in [2.24, 2.45) is 0 Å². The highest BCUT2D eigenvalue weighted by molar-refractivity contribution is 6.35. The van der Waals surface area contributed by atoms with Crippen molar-refractivity contribution in [3.8, 4) is 5.75 Å². The number of amides is 1. The Morgan fingerprint density at radius 2 is 1.90 bits per heavy atom. The fraction of sp³-hybridized carbons (Fsp3) is 0.533. The molecule has 1 amide bonds. The Bertz CT molecular complexity index is 512. The van der Waals surface area contributed by atoms with Gasteiger partial charge in [-0.3, -0.25) is 9.69 Å². The van der Waals surface area contributed by atoms with Crippen LogP contribution in [0.5, 0.6) is 5.75 Å². The summed E-state index contributed by atoms with van der Waals surface area (Å²) in [5.74, 6) is 0.456. The van der Waals surface area contributed by atoms with Gasteiger partial charge in [0.15, 0.2) is 6.61 Å². The third-order valence-electron chi connectivity index (χ3n) is 3.96. The van der Waals surface area contributed by atoms with E-state index in [1.807, 2.05) is 4.90 Å². The van der Waals surface area contributed by atoms with Gasteiger partial charge in [-0.05, 0) is 39.1 Å². The second kappa shape index (κ2) is 6.86. The van der Waals surface area contributed by atoms with Gasteiger partial charge in [0.25, 0.3) is 5.91 Å². The lowest BCUT2D eigenvalue weighted by molar-refractivity contribution is -0.137. The van der Waals surface area contributed by atoms with Crippen LogP contribution in [0.2, 0.25) is 10.0 Å². The molecule has 4 nitrogen and oxygen atoms in total. The Morgan fingerprint density at radius 3 is 2.48 bits per heavy atom. The molecule has 0 radical (unpaired) electrons. The number of rotatable bonds is 3. The van der Waals surface area contributed by atoms with Crippen LogP contribution in [0.25, 0.3) is 0 Å². The lowest BCUT2D eigenvalue weighted by Gasteiger charge is -2.42. The van der Waals surface area contributed by atoms with Crippen molar-refractivity contribution >= 4 is 29.1 Å². The SMILES string of the molecule is CC1CN(C(=O)COc2ccc(Cl)cc2Cl)CC(C)N1C. The van der Waals surface area contributed by atoms with Gasteiger partial charge in [0.05, 0.1) is 5.02 Å². The number of benzene rings is 1. The van der Waals surface area contributed by atoms with Crippen LogP contribution in [-0.4, -0.2) is 54.5 Å². The standard InChI is InChI=1S/C15H20Cl2N2O2/c1-10-7-19(8-11(2)18(10)3)15(20)9-21-14-5-4-12(16)6-13(14)17/h4-6,10-11H,7-9H2,1-3H3. The number of nitrogens with zero attached hydrogens (tertiary/aromatic N) is 2. The minimum atomic E-state index is -0.0205. The van der Waals surface area contributed by atoms with E-state index < -0.39 is 0 Å². The summed E-state index contributed by atoms with van der Waals surface area (Å²) in [6.45, 7) is 5.67. The summed E-state index contributed by atoms with van der Waals surface area (Å²) in [7, 11) is 2.08. The largest absolute Gasteiger partial charge is 0.482 e. The summed E-state index contributed by atoms with van der Waals surface area (Å²) in [4.78, 5) is 16.4. The molecule has 1 aromatic carbocycles. The van der Waals surface area contributed by atoms with E-state index in [2.05, 4.69) is 25.8 Å². The quantitative estimate of drug-likeness (QED) is 0.854. The summed E-state index contributed by atoms with van der Waals surface area (Å²) >= 11 is 11.9. The monoisotopic (exact) mass is 330 g/mol. The molecular formula is C15H20Cl2N2O2. The van der Waals surface area contributed by atoms with Crippen LogP contribution in [0.1, 0.15) is 13.8 Å². The highest BCUT2D eigenvalue weighted by Crippen LogP contribution is 2.27. The van der Waals surface area contributed by atoms with E-state index in [1.165, 1.54) is 0 Å². The van der Waals surface area contributed by atoms with E-state index in [4.69, 9.17) is 27.9 Å². The molecule has 1 fully saturated rings. The van der Waals surface area contributed by atoms with Gasteiger partial charge in [0.2, 0.25) is 0 Å². The first-order valence-electron chi connectivity index (χ1n) is 6.96. The van der Waals surface area contributed by atoms with Crippen molar-refractivity contribution in [2.75, 3.05) is 26.7 Å². The highest BCUT2D eigenvalue weighted by Gasteiger charge is 2.29. The molecule has 0 bridgehead atoms. The van der Waals surface area contributed by atoms with E-state index in [0.717, 1.165) is 13.1 Å². The van der Waals surface area contributed by atoms with Crippen LogP contribution < -0.4 is 4.74 Å². The van der Waals surface area contributed by atoms with Crippen LogP contribution in [0.4, 0.5) is 0 Å². The fourth-order valence-corrected chi connectivity index (χ4v) is 2.89. The van der Waals surface area contributed by atoms with Crippen LogP contribution >= 0.6 is 23.2 Å². The highest BCUT2D eigenvalue weighted by atomic mass is 35.5. The number of halogens is 2. The molecule has 21 heavy (non-hydrogen) atoms. The average molecular weight is 331 g/mol. The Labute approximate surface area is 135 Å². The molecule has 0 N–H and O–H groups in total. The molecule has 0 saturated carbocycles. The molecule has 2 rings (SSSR count). The number of piperazine rings is 1. The van der Waals surface area contributed by atoms with Crippen LogP contribution in [0, 0.1) is 0 Å². The molecule has 0 aromatic heterocycles.